The Balaban J connectivity index is 1.51. The number of anilines is 1. The average molecular weight is 381 g/mol. The molecule has 0 aliphatic carbocycles. The Hall–Kier alpha value is -2.90. The van der Waals surface area contributed by atoms with E-state index in [-0.39, 0.29) is 18.0 Å². The lowest BCUT2D eigenvalue weighted by Gasteiger charge is -2.36. The van der Waals surface area contributed by atoms with Gasteiger partial charge in [-0.15, -0.1) is 0 Å². The molecular weight excluding hydrogens is 354 g/mol. The maximum absolute atomic E-state index is 12.6. The van der Waals surface area contributed by atoms with Crippen LogP contribution >= 0.6 is 0 Å². The van der Waals surface area contributed by atoms with E-state index in [0.29, 0.717) is 6.54 Å². The molecule has 1 heterocycles. The molecule has 0 radical (unpaired) electrons. The SMILES string of the molecule is CN(C(=O)Nc1ccc(-c2ccccc2)cc1)C1CCN(CC(=O)NN)CC1. The van der Waals surface area contributed by atoms with Crippen molar-refractivity contribution in [2.45, 2.75) is 18.9 Å². The molecule has 28 heavy (non-hydrogen) atoms. The Bertz CT molecular complexity index is 786. The molecule has 3 rings (SSSR count). The van der Waals surface area contributed by atoms with Gasteiger partial charge in [0.05, 0.1) is 6.54 Å². The predicted octanol–water partition coefficient (Wildman–Crippen LogP) is 2.27. The van der Waals surface area contributed by atoms with Gasteiger partial charge in [-0.1, -0.05) is 42.5 Å². The molecule has 7 heteroatoms. The second-order valence-corrected chi connectivity index (χ2v) is 7.06. The van der Waals surface area contributed by atoms with E-state index in [0.717, 1.165) is 42.7 Å². The third kappa shape index (κ3) is 5.09. The summed E-state index contributed by atoms with van der Waals surface area (Å²) >= 11 is 0. The highest BCUT2D eigenvalue weighted by Gasteiger charge is 2.26. The average Bonchev–Trinajstić information content (AvgIpc) is 2.75. The standard InChI is InChI=1S/C21H27N5O2/c1-25(19-11-13-26(14-12-19)15-20(27)24-22)21(28)23-18-9-7-17(8-10-18)16-5-3-2-4-6-16/h2-10,19H,11-15,22H2,1H3,(H,23,28)(H,24,27). The van der Waals surface area contributed by atoms with E-state index in [4.69, 9.17) is 5.84 Å². The Morgan fingerprint density at radius 1 is 1.04 bits per heavy atom. The van der Waals surface area contributed by atoms with Crippen LogP contribution in [0.25, 0.3) is 11.1 Å². The Morgan fingerprint density at radius 3 is 2.25 bits per heavy atom. The third-order valence-electron chi connectivity index (χ3n) is 5.20. The largest absolute Gasteiger partial charge is 0.325 e. The molecule has 0 saturated carbocycles. The molecule has 3 amide bonds. The minimum atomic E-state index is -0.191. The van der Waals surface area contributed by atoms with Gasteiger partial charge in [-0.3, -0.25) is 15.1 Å². The van der Waals surface area contributed by atoms with E-state index in [1.807, 2.05) is 54.4 Å². The maximum atomic E-state index is 12.6. The minimum Gasteiger partial charge on any atom is -0.325 e. The highest BCUT2D eigenvalue weighted by atomic mass is 16.2. The first-order chi connectivity index (χ1) is 13.6. The van der Waals surface area contributed by atoms with Crippen LogP contribution in [-0.2, 0) is 4.79 Å². The van der Waals surface area contributed by atoms with Gasteiger partial charge in [0.2, 0.25) is 5.91 Å². The fourth-order valence-electron chi connectivity index (χ4n) is 3.47. The van der Waals surface area contributed by atoms with Crippen molar-refractivity contribution in [2.75, 3.05) is 32.0 Å². The third-order valence-corrected chi connectivity index (χ3v) is 5.20. The molecule has 0 bridgehead atoms. The van der Waals surface area contributed by atoms with Crippen molar-refractivity contribution in [1.29, 1.82) is 0 Å². The second kappa shape index (κ2) is 9.34. The van der Waals surface area contributed by atoms with Crippen LogP contribution in [0.15, 0.2) is 54.6 Å². The molecule has 1 aliphatic rings. The summed E-state index contributed by atoms with van der Waals surface area (Å²) in [5.74, 6) is 4.94. The molecule has 4 N–H and O–H groups in total. The number of piperidine rings is 1. The molecular formula is C21H27N5O2. The number of nitrogens with two attached hydrogens (primary N) is 1. The van der Waals surface area contributed by atoms with Crippen LogP contribution in [0.1, 0.15) is 12.8 Å². The van der Waals surface area contributed by atoms with Gasteiger partial charge in [0, 0.05) is 31.9 Å². The fraction of sp³-hybridized carbons (Fsp3) is 0.333. The van der Waals surface area contributed by atoms with Crippen molar-refractivity contribution < 1.29 is 9.59 Å². The van der Waals surface area contributed by atoms with Crippen molar-refractivity contribution in [3.63, 3.8) is 0 Å². The Morgan fingerprint density at radius 2 is 1.64 bits per heavy atom. The summed E-state index contributed by atoms with van der Waals surface area (Å²) in [4.78, 5) is 27.8. The summed E-state index contributed by atoms with van der Waals surface area (Å²) in [5, 5.41) is 2.96. The Labute approximate surface area is 165 Å². The van der Waals surface area contributed by atoms with Crippen molar-refractivity contribution in [1.82, 2.24) is 15.2 Å². The summed E-state index contributed by atoms with van der Waals surface area (Å²) in [6.07, 6.45) is 1.66. The van der Waals surface area contributed by atoms with E-state index in [1.54, 1.807) is 4.90 Å². The molecule has 1 saturated heterocycles. The van der Waals surface area contributed by atoms with E-state index >= 15 is 0 Å². The predicted molar refractivity (Wildman–Crippen MR) is 110 cm³/mol. The number of likely N-dealkylation sites (tertiary alicyclic amines) is 1. The quantitative estimate of drug-likeness (QED) is 0.421. The number of urea groups is 1. The second-order valence-electron chi connectivity index (χ2n) is 7.06. The number of amides is 3. The number of carbonyl (C=O) groups excluding carboxylic acids is 2. The van der Waals surface area contributed by atoms with Crippen LogP contribution in [0.2, 0.25) is 0 Å². The number of benzene rings is 2. The molecule has 0 unspecified atom stereocenters. The number of carbonyl (C=O) groups is 2. The zero-order chi connectivity index (χ0) is 19.9. The lowest BCUT2D eigenvalue weighted by Crippen LogP contribution is -2.49. The number of rotatable bonds is 5. The van der Waals surface area contributed by atoms with Crippen LogP contribution in [0.5, 0.6) is 0 Å². The smallest absolute Gasteiger partial charge is 0.321 e. The first kappa shape index (κ1) is 19.9. The molecule has 0 atom stereocenters. The first-order valence-corrected chi connectivity index (χ1v) is 9.48. The minimum absolute atomic E-state index is 0.120. The van der Waals surface area contributed by atoms with Crippen LogP contribution in [-0.4, -0.2) is 54.5 Å². The summed E-state index contributed by atoms with van der Waals surface area (Å²) in [5.41, 5.74) is 5.18. The zero-order valence-corrected chi connectivity index (χ0v) is 16.1. The highest BCUT2D eigenvalue weighted by molar-refractivity contribution is 5.89. The van der Waals surface area contributed by atoms with Crippen LogP contribution in [0.4, 0.5) is 10.5 Å². The maximum Gasteiger partial charge on any atom is 0.321 e. The molecule has 2 aromatic carbocycles. The van der Waals surface area contributed by atoms with Crippen LogP contribution in [0, 0.1) is 0 Å². The van der Waals surface area contributed by atoms with Gasteiger partial charge in [0.15, 0.2) is 0 Å². The molecule has 0 aromatic heterocycles. The highest BCUT2D eigenvalue weighted by Crippen LogP contribution is 2.22. The number of hydrogen-bond donors (Lipinski definition) is 3. The topological polar surface area (TPSA) is 90.7 Å². The Kier molecular flexibility index (Phi) is 6.62. The van der Waals surface area contributed by atoms with Gasteiger partial charge >= 0.3 is 6.03 Å². The van der Waals surface area contributed by atoms with Crippen molar-refractivity contribution in [2.24, 2.45) is 5.84 Å². The lowest BCUT2D eigenvalue weighted by atomic mass is 10.0. The van der Waals surface area contributed by atoms with E-state index in [9.17, 15) is 9.59 Å². The van der Waals surface area contributed by atoms with Crippen LogP contribution in [0.3, 0.4) is 0 Å². The van der Waals surface area contributed by atoms with Gasteiger partial charge in [0.1, 0.15) is 0 Å². The van der Waals surface area contributed by atoms with Gasteiger partial charge < -0.3 is 10.2 Å². The van der Waals surface area contributed by atoms with Gasteiger partial charge in [-0.05, 0) is 36.1 Å². The van der Waals surface area contributed by atoms with Crippen molar-refractivity contribution >= 4 is 17.6 Å². The summed E-state index contributed by atoms with van der Waals surface area (Å²) in [7, 11) is 1.82. The van der Waals surface area contributed by atoms with Crippen molar-refractivity contribution in [3.8, 4) is 11.1 Å². The molecule has 2 aromatic rings. The van der Waals surface area contributed by atoms with Gasteiger partial charge in [0.25, 0.3) is 0 Å². The fourth-order valence-corrected chi connectivity index (χ4v) is 3.47. The molecule has 148 valence electrons. The molecule has 1 fully saturated rings. The van der Waals surface area contributed by atoms with Crippen molar-refractivity contribution in [3.05, 3.63) is 54.6 Å². The van der Waals surface area contributed by atoms with Gasteiger partial charge in [-0.2, -0.15) is 0 Å². The summed E-state index contributed by atoms with van der Waals surface area (Å²) < 4.78 is 0. The van der Waals surface area contributed by atoms with E-state index in [2.05, 4.69) is 22.9 Å². The number of nitrogens with zero attached hydrogens (tertiary/aromatic N) is 2. The number of hydrazine groups is 1. The number of hydrogen-bond acceptors (Lipinski definition) is 4. The molecule has 7 nitrogen and oxygen atoms in total. The zero-order valence-electron chi connectivity index (χ0n) is 16.1. The summed E-state index contributed by atoms with van der Waals surface area (Å²) in [6, 6.07) is 18.0. The molecule has 1 aliphatic heterocycles. The van der Waals surface area contributed by atoms with Crippen LogP contribution < -0.4 is 16.6 Å². The normalized spacial score (nSPS) is 15.1. The van der Waals surface area contributed by atoms with E-state index < -0.39 is 0 Å². The lowest BCUT2D eigenvalue weighted by molar-refractivity contribution is -0.122. The van der Waals surface area contributed by atoms with Gasteiger partial charge in [-0.25, -0.2) is 10.6 Å². The monoisotopic (exact) mass is 381 g/mol. The first-order valence-electron chi connectivity index (χ1n) is 9.48. The number of nitrogens with one attached hydrogen (secondary N) is 2. The summed E-state index contributed by atoms with van der Waals surface area (Å²) in [6.45, 7) is 1.83. The molecule has 0 spiro atoms. The van der Waals surface area contributed by atoms with E-state index in [1.165, 1.54) is 0 Å².